The van der Waals surface area contributed by atoms with Gasteiger partial charge in [-0.3, -0.25) is 9.63 Å². The third kappa shape index (κ3) is 9.25. The number of sulfonamides is 1. The molecule has 2 aromatic carbocycles. The van der Waals surface area contributed by atoms with Gasteiger partial charge in [-0.05, 0) is 84.1 Å². The molecule has 0 fully saturated rings. The van der Waals surface area contributed by atoms with Gasteiger partial charge in [0.05, 0.1) is 17.6 Å². The summed E-state index contributed by atoms with van der Waals surface area (Å²) >= 11 is 0. The van der Waals surface area contributed by atoms with Gasteiger partial charge in [0.15, 0.2) is 0 Å². The Morgan fingerprint density at radius 2 is 1.63 bits per heavy atom. The number of hydroxylamine groups is 1. The summed E-state index contributed by atoms with van der Waals surface area (Å²) in [5.41, 5.74) is 2.67. The van der Waals surface area contributed by atoms with E-state index in [2.05, 4.69) is 10.4 Å². The molecule has 194 valence electrons. The van der Waals surface area contributed by atoms with Crippen molar-refractivity contribution >= 4 is 15.9 Å². The predicted octanol–water partition coefficient (Wildman–Crippen LogP) is 3.83. The second kappa shape index (κ2) is 13.0. The van der Waals surface area contributed by atoms with Crippen LogP contribution in [-0.4, -0.2) is 62.9 Å². The van der Waals surface area contributed by atoms with Crippen molar-refractivity contribution in [2.45, 2.75) is 63.1 Å². The summed E-state index contributed by atoms with van der Waals surface area (Å²) in [6, 6.07) is 14.5. The van der Waals surface area contributed by atoms with E-state index in [0.29, 0.717) is 18.6 Å². The number of carbonyl (C=O) groups excluding carboxylic acids is 1. The molecule has 0 aliphatic carbocycles. The SMILES string of the molecule is COc1ccc(S(=O)(=O)N(Cc2ccccc2)C(CCCCN(C)C)C(=O)NOC(C)(C)C)cc1. The molecule has 0 bridgehead atoms. The molecule has 8 nitrogen and oxygen atoms in total. The molecule has 35 heavy (non-hydrogen) atoms. The lowest BCUT2D eigenvalue weighted by atomic mass is 10.1. The minimum atomic E-state index is -4.02. The number of nitrogens with one attached hydrogen (secondary N) is 1. The number of nitrogens with zero attached hydrogens (tertiary/aromatic N) is 2. The van der Waals surface area contributed by atoms with Crippen LogP contribution in [0.25, 0.3) is 0 Å². The molecule has 1 atom stereocenters. The average Bonchev–Trinajstić information content (AvgIpc) is 2.81. The lowest BCUT2D eigenvalue weighted by Crippen LogP contribution is -2.50. The van der Waals surface area contributed by atoms with Crippen LogP contribution < -0.4 is 10.2 Å². The fourth-order valence-electron chi connectivity index (χ4n) is 3.45. The Morgan fingerprint density at radius 3 is 2.17 bits per heavy atom. The number of benzene rings is 2. The minimum absolute atomic E-state index is 0.0521. The maximum atomic E-state index is 13.9. The standard InChI is InChI=1S/C26H39N3O5S/c1-26(2,3)34-27-25(30)24(14-10-11-19-28(4)5)29(20-21-12-8-7-9-13-21)35(31,32)23-17-15-22(33-6)16-18-23/h7-9,12-13,15-18,24H,10-11,14,19-20H2,1-6H3,(H,27,30). The Hall–Kier alpha value is -2.46. The van der Waals surface area contributed by atoms with E-state index in [0.717, 1.165) is 18.5 Å². The second-order valence-electron chi connectivity index (χ2n) is 9.71. The fourth-order valence-corrected chi connectivity index (χ4v) is 5.06. The van der Waals surface area contributed by atoms with E-state index in [-0.39, 0.29) is 11.4 Å². The highest BCUT2D eigenvalue weighted by atomic mass is 32.2. The van der Waals surface area contributed by atoms with E-state index in [1.165, 1.54) is 23.5 Å². The number of unbranched alkanes of at least 4 members (excludes halogenated alkanes) is 1. The highest BCUT2D eigenvalue weighted by molar-refractivity contribution is 7.89. The van der Waals surface area contributed by atoms with Crippen LogP contribution >= 0.6 is 0 Å². The molecular weight excluding hydrogens is 466 g/mol. The van der Waals surface area contributed by atoms with Crippen LogP contribution in [0.3, 0.4) is 0 Å². The smallest absolute Gasteiger partial charge is 0.262 e. The number of rotatable bonds is 13. The van der Waals surface area contributed by atoms with Crippen LogP contribution in [-0.2, 0) is 26.2 Å². The molecule has 1 unspecified atom stereocenters. The number of hydrogen-bond donors (Lipinski definition) is 1. The minimum Gasteiger partial charge on any atom is -0.497 e. The van der Waals surface area contributed by atoms with Crippen LogP contribution in [0.1, 0.15) is 45.6 Å². The average molecular weight is 506 g/mol. The third-order valence-corrected chi connectivity index (χ3v) is 7.16. The molecule has 0 aromatic heterocycles. The Balaban J connectivity index is 2.45. The van der Waals surface area contributed by atoms with Crippen molar-refractivity contribution < 1.29 is 22.8 Å². The maximum Gasteiger partial charge on any atom is 0.262 e. The number of amides is 1. The van der Waals surface area contributed by atoms with E-state index < -0.39 is 27.6 Å². The van der Waals surface area contributed by atoms with Crippen molar-refractivity contribution in [3.05, 3.63) is 60.2 Å². The normalized spacial score (nSPS) is 13.1. The molecule has 9 heteroatoms. The summed E-state index contributed by atoms with van der Waals surface area (Å²) in [4.78, 5) is 21.0. The molecule has 0 saturated heterocycles. The van der Waals surface area contributed by atoms with Gasteiger partial charge in [-0.25, -0.2) is 13.9 Å². The molecule has 1 amide bonds. The van der Waals surface area contributed by atoms with E-state index in [4.69, 9.17) is 9.57 Å². The summed E-state index contributed by atoms with van der Waals surface area (Å²) in [6.07, 6.45) is 1.86. The summed E-state index contributed by atoms with van der Waals surface area (Å²) in [6.45, 7) is 6.34. The van der Waals surface area contributed by atoms with Gasteiger partial charge < -0.3 is 9.64 Å². The van der Waals surface area contributed by atoms with E-state index >= 15 is 0 Å². The van der Waals surface area contributed by atoms with Crippen molar-refractivity contribution in [3.8, 4) is 5.75 Å². The van der Waals surface area contributed by atoms with Gasteiger partial charge in [0.25, 0.3) is 5.91 Å². The zero-order chi connectivity index (χ0) is 26.1. The molecule has 0 aliphatic heterocycles. The van der Waals surface area contributed by atoms with Crippen molar-refractivity contribution in [1.82, 2.24) is 14.7 Å². The van der Waals surface area contributed by atoms with Crippen LogP contribution in [0.2, 0.25) is 0 Å². The Bertz CT molecular complexity index is 1020. The Kier molecular flexibility index (Phi) is 10.7. The quantitative estimate of drug-likeness (QED) is 0.329. The number of ether oxygens (including phenoxy) is 1. The molecule has 0 spiro atoms. The second-order valence-corrected chi connectivity index (χ2v) is 11.6. The lowest BCUT2D eigenvalue weighted by molar-refractivity contribution is -0.149. The van der Waals surface area contributed by atoms with E-state index in [1.807, 2.05) is 65.2 Å². The molecule has 0 heterocycles. The Morgan fingerprint density at radius 1 is 1.00 bits per heavy atom. The molecule has 2 aromatic rings. The first-order valence-corrected chi connectivity index (χ1v) is 13.2. The molecule has 0 aliphatic rings. The van der Waals surface area contributed by atoms with Crippen LogP contribution in [0.5, 0.6) is 5.75 Å². The number of carbonyl (C=O) groups is 1. The first-order chi connectivity index (χ1) is 16.4. The third-order valence-electron chi connectivity index (χ3n) is 5.29. The van der Waals surface area contributed by atoms with Crippen molar-refractivity contribution in [2.24, 2.45) is 0 Å². The van der Waals surface area contributed by atoms with Crippen molar-refractivity contribution in [1.29, 1.82) is 0 Å². The summed E-state index contributed by atoms with van der Waals surface area (Å²) in [5, 5.41) is 0. The first-order valence-electron chi connectivity index (χ1n) is 11.8. The van der Waals surface area contributed by atoms with Gasteiger partial charge in [-0.1, -0.05) is 36.8 Å². The topological polar surface area (TPSA) is 88.2 Å². The molecular formula is C26H39N3O5S. The maximum absolute atomic E-state index is 13.9. The monoisotopic (exact) mass is 505 g/mol. The van der Waals surface area contributed by atoms with Crippen molar-refractivity contribution in [2.75, 3.05) is 27.7 Å². The first kappa shape index (κ1) is 28.8. The lowest BCUT2D eigenvalue weighted by Gasteiger charge is -2.31. The molecule has 0 saturated carbocycles. The van der Waals surface area contributed by atoms with Crippen LogP contribution in [0.15, 0.2) is 59.5 Å². The number of methoxy groups -OCH3 is 1. The molecule has 0 radical (unpaired) electrons. The zero-order valence-electron chi connectivity index (χ0n) is 21.7. The van der Waals surface area contributed by atoms with Gasteiger partial charge in [0.2, 0.25) is 10.0 Å². The highest BCUT2D eigenvalue weighted by Crippen LogP contribution is 2.26. The summed E-state index contributed by atoms with van der Waals surface area (Å²) in [7, 11) is 1.46. The van der Waals surface area contributed by atoms with Crippen LogP contribution in [0.4, 0.5) is 0 Å². The molecule has 2 rings (SSSR count). The van der Waals surface area contributed by atoms with E-state index in [9.17, 15) is 13.2 Å². The van der Waals surface area contributed by atoms with Gasteiger partial charge in [-0.15, -0.1) is 0 Å². The Labute approximate surface area is 210 Å². The van der Waals surface area contributed by atoms with Gasteiger partial charge >= 0.3 is 0 Å². The van der Waals surface area contributed by atoms with Gasteiger partial charge in [0.1, 0.15) is 11.8 Å². The van der Waals surface area contributed by atoms with Gasteiger partial charge in [0, 0.05) is 6.54 Å². The molecule has 1 N–H and O–H groups in total. The largest absolute Gasteiger partial charge is 0.497 e. The zero-order valence-corrected chi connectivity index (χ0v) is 22.5. The van der Waals surface area contributed by atoms with Crippen LogP contribution in [0, 0.1) is 0 Å². The van der Waals surface area contributed by atoms with Crippen molar-refractivity contribution in [3.63, 3.8) is 0 Å². The summed E-state index contributed by atoms with van der Waals surface area (Å²) in [5.74, 6) is 0.0629. The van der Waals surface area contributed by atoms with E-state index in [1.54, 1.807) is 12.1 Å². The summed E-state index contributed by atoms with van der Waals surface area (Å²) < 4.78 is 34.2. The predicted molar refractivity (Wildman–Crippen MR) is 137 cm³/mol. The van der Waals surface area contributed by atoms with Gasteiger partial charge in [-0.2, -0.15) is 4.31 Å². The highest BCUT2D eigenvalue weighted by Gasteiger charge is 2.36. The fraction of sp³-hybridized carbons (Fsp3) is 0.500. The number of hydrogen-bond acceptors (Lipinski definition) is 6.